The van der Waals surface area contributed by atoms with Crippen molar-refractivity contribution in [3.05, 3.63) is 65.4 Å². The van der Waals surface area contributed by atoms with Gasteiger partial charge in [0.05, 0.1) is 6.67 Å². The number of likely N-dealkylation sites (tertiary alicyclic amines) is 1. The number of aromatic amines is 1. The molecule has 2 aliphatic rings. The predicted molar refractivity (Wildman–Crippen MR) is 150 cm³/mol. The van der Waals surface area contributed by atoms with Crippen LogP contribution in [-0.4, -0.2) is 72.0 Å². The van der Waals surface area contributed by atoms with E-state index in [0.717, 1.165) is 50.8 Å². The number of nitrogens with zero attached hydrogens (tertiary/aromatic N) is 2. The van der Waals surface area contributed by atoms with Crippen molar-refractivity contribution in [2.75, 3.05) is 46.1 Å². The molecule has 5 nitrogen and oxygen atoms in total. The number of H-pyrrole nitrogens is 1. The summed E-state index contributed by atoms with van der Waals surface area (Å²) in [5, 5.41) is 10.9. The van der Waals surface area contributed by atoms with Gasteiger partial charge in [-0.25, -0.2) is 8.78 Å². The van der Waals surface area contributed by atoms with Gasteiger partial charge in [0.25, 0.3) is 0 Å². The van der Waals surface area contributed by atoms with Crippen LogP contribution in [0.4, 0.5) is 13.2 Å². The molecule has 0 spiro atoms. The van der Waals surface area contributed by atoms with Crippen LogP contribution in [0.2, 0.25) is 0 Å². The molecule has 1 fully saturated rings. The quantitative estimate of drug-likeness (QED) is 0.372. The number of hydrogen-bond donors (Lipinski definition) is 2. The fourth-order valence-electron chi connectivity index (χ4n) is 5.08. The molecule has 39 heavy (non-hydrogen) atoms. The number of aromatic nitrogens is 1. The zero-order valence-electron chi connectivity index (χ0n) is 23.1. The van der Waals surface area contributed by atoms with Crippen LogP contribution in [0, 0.1) is 35.8 Å². The highest BCUT2D eigenvalue weighted by Crippen LogP contribution is 2.31. The predicted octanol–water partition coefficient (Wildman–Crippen LogP) is 5.43. The van der Waals surface area contributed by atoms with Gasteiger partial charge in [-0.05, 0) is 25.0 Å². The summed E-state index contributed by atoms with van der Waals surface area (Å²) in [5.74, 6) is -0.977. The van der Waals surface area contributed by atoms with Gasteiger partial charge in [-0.15, -0.1) is 12.8 Å². The topological polar surface area (TPSA) is 51.7 Å². The molecule has 0 saturated carbocycles. The molecule has 0 aliphatic carbocycles. The molecule has 212 valence electrons. The summed E-state index contributed by atoms with van der Waals surface area (Å²) < 4.78 is 43.0. The Bertz CT molecular complexity index is 1200. The summed E-state index contributed by atoms with van der Waals surface area (Å²) in [4.78, 5) is 8.09. The number of aliphatic hydroxyl groups is 1. The summed E-state index contributed by atoms with van der Waals surface area (Å²) in [6.07, 6.45) is 9.08. The number of rotatable bonds is 8. The highest BCUT2D eigenvalue weighted by Gasteiger charge is 2.30. The van der Waals surface area contributed by atoms with E-state index in [1.807, 2.05) is 4.90 Å². The summed E-state index contributed by atoms with van der Waals surface area (Å²) in [6, 6.07) is 12.2. The molecule has 0 radical (unpaired) electrons. The Kier molecular flexibility index (Phi) is 10.9. The van der Waals surface area contributed by atoms with E-state index in [1.165, 1.54) is 22.2 Å². The summed E-state index contributed by atoms with van der Waals surface area (Å²) in [5.41, 5.74) is 4.02. The van der Waals surface area contributed by atoms with E-state index in [9.17, 15) is 18.3 Å². The van der Waals surface area contributed by atoms with Crippen LogP contribution >= 0.6 is 0 Å². The number of halogens is 3. The number of benzene rings is 2. The van der Waals surface area contributed by atoms with Crippen LogP contribution in [0.5, 0.6) is 5.75 Å². The Hall–Kier alpha value is -2.99. The minimum atomic E-state index is -0.651. The molecule has 0 bridgehead atoms. The van der Waals surface area contributed by atoms with Gasteiger partial charge < -0.3 is 14.8 Å². The third-order valence-corrected chi connectivity index (χ3v) is 7.21. The number of nitrogens with one attached hydrogen (secondary N) is 1. The van der Waals surface area contributed by atoms with Crippen molar-refractivity contribution >= 4 is 10.9 Å². The number of terminal acetylenes is 1. The largest absolute Gasteiger partial charge is 0.492 e. The standard InChI is InChI=1S/C17H24N2O.C12H14F3NO.C2H2/c1-12-8-14-13-6-4-5-7-15(13)18-16(14)9-19(12)10-17(2,3)11-20;13-6-9-7-16(8-9)1-2-17-12-4-10(14)3-11(15)5-12;1-2/h4-7,12,18,20H,8-11H2,1-3H3;3-5,9H,1-2,6-8H2;1-2H/t12-;;/m1../s1. The van der Waals surface area contributed by atoms with Gasteiger partial charge in [-0.2, -0.15) is 0 Å². The van der Waals surface area contributed by atoms with Gasteiger partial charge in [0.15, 0.2) is 0 Å². The maximum absolute atomic E-state index is 12.8. The number of fused-ring (bicyclic) bond motifs is 3. The van der Waals surface area contributed by atoms with Crippen LogP contribution < -0.4 is 4.74 Å². The Balaban J connectivity index is 0.000000205. The first-order chi connectivity index (χ1) is 18.7. The van der Waals surface area contributed by atoms with E-state index < -0.39 is 11.6 Å². The summed E-state index contributed by atoms with van der Waals surface area (Å²) in [6.45, 7) is 10.8. The molecule has 1 saturated heterocycles. The van der Waals surface area contributed by atoms with E-state index in [1.54, 1.807) is 0 Å². The smallest absolute Gasteiger partial charge is 0.129 e. The van der Waals surface area contributed by atoms with Crippen molar-refractivity contribution in [2.24, 2.45) is 11.3 Å². The minimum Gasteiger partial charge on any atom is -0.492 e. The zero-order valence-corrected chi connectivity index (χ0v) is 23.1. The molecule has 1 aromatic heterocycles. The van der Waals surface area contributed by atoms with Crippen molar-refractivity contribution in [3.8, 4) is 18.6 Å². The van der Waals surface area contributed by atoms with E-state index in [0.29, 0.717) is 19.2 Å². The van der Waals surface area contributed by atoms with E-state index in [-0.39, 0.29) is 30.4 Å². The molecule has 2 aliphatic heterocycles. The maximum atomic E-state index is 12.8. The molecule has 5 rings (SSSR count). The second-order valence-electron chi connectivity index (χ2n) is 11.1. The number of para-hydroxylation sites is 1. The fraction of sp³-hybridized carbons (Fsp3) is 0.484. The highest BCUT2D eigenvalue weighted by atomic mass is 19.1. The molecule has 2 aromatic carbocycles. The number of alkyl halides is 1. The lowest BCUT2D eigenvalue weighted by Gasteiger charge is -2.38. The lowest BCUT2D eigenvalue weighted by Crippen LogP contribution is -2.49. The second-order valence-corrected chi connectivity index (χ2v) is 11.1. The SMILES string of the molecule is C#C.C[C@@H]1Cc2c([nH]c3ccccc23)CN1CC(C)(C)CO.FCC1CN(CCOc2cc(F)cc(F)c2)C1. The van der Waals surface area contributed by atoms with Crippen molar-refractivity contribution in [3.63, 3.8) is 0 Å². The van der Waals surface area contributed by atoms with Gasteiger partial charge in [0, 0.05) is 91.5 Å². The number of aliphatic hydroxyl groups excluding tert-OH is 1. The van der Waals surface area contributed by atoms with Crippen LogP contribution in [0.25, 0.3) is 10.9 Å². The van der Waals surface area contributed by atoms with Gasteiger partial charge in [0.2, 0.25) is 0 Å². The van der Waals surface area contributed by atoms with E-state index >= 15 is 0 Å². The zero-order chi connectivity index (χ0) is 28.6. The Labute approximate surface area is 230 Å². The van der Waals surface area contributed by atoms with E-state index in [4.69, 9.17) is 4.74 Å². The first-order valence-electron chi connectivity index (χ1n) is 13.3. The van der Waals surface area contributed by atoms with Crippen molar-refractivity contribution in [1.29, 1.82) is 0 Å². The normalized spacial score (nSPS) is 17.8. The lowest BCUT2D eigenvalue weighted by atomic mass is 9.90. The van der Waals surface area contributed by atoms with Crippen molar-refractivity contribution in [2.45, 2.75) is 39.8 Å². The lowest BCUT2D eigenvalue weighted by molar-refractivity contribution is 0.0667. The van der Waals surface area contributed by atoms with Gasteiger partial charge in [0.1, 0.15) is 24.0 Å². The molecular weight excluding hydrogens is 503 g/mol. The van der Waals surface area contributed by atoms with Gasteiger partial charge in [-0.3, -0.25) is 14.2 Å². The van der Waals surface area contributed by atoms with Gasteiger partial charge in [-0.1, -0.05) is 32.0 Å². The highest BCUT2D eigenvalue weighted by molar-refractivity contribution is 5.84. The van der Waals surface area contributed by atoms with Crippen molar-refractivity contribution < 1.29 is 23.0 Å². The molecule has 3 heterocycles. The van der Waals surface area contributed by atoms with Crippen LogP contribution in [0.1, 0.15) is 32.0 Å². The third kappa shape index (κ3) is 8.25. The fourth-order valence-corrected chi connectivity index (χ4v) is 5.08. The summed E-state index contributed by atoms with van der Waals surface area (Å²) >= 11 is 0. The summed E-state index contributed by atoms with van der Waals surface area (Å²) in [7, 11) is 0. The number of ether oxygens (including phenoxy) is 1. The maximum Gasteiger partial charge on any atom is 0.129 e. The third-order valence-electron chi connectivity index (χ3n) is 7.21. The molecule has 2 N–H and O–H groups in total. The minimum absolute atomic E-state index is 0.0439. The average molecular weight is 544 g/mol. The van der Waals surface area contributed by atoms with Gasteiger partial charge >= 0.3 is 0 Å². The van der Waals surface area contributed by atoms with Crippen molar-refractivity contribution in [1.82, 2.24) is 14.8 Å². The second kappa shape index (κ2) is 13.9. The van der Waals surface area contributed by atoms with Crippen LogP contribution in [-0.2, 0) is 13.0 Å². The Morgan fingerprint density at radius 3 is 2.41 bits per heavy atom. The molecule has 3 aromatic rings. The van der Waals surface area contributed by atoms with Crippen LogP contribution in [0.15, 0.2) is 42.5 Å². The molecular formula is C31H40F3N3O2. The Morgan fingerprint density at radius 2 is 1.77 bits per heavy atom. The molecule has 0 unspecified atom stereocenters. The molecule has 8 heteroatoms. The first-order valence-corrected chi connectivity index (χ1v) is 13.3. The Morgan fingerprint density at radius 1 is 1.10 bits per heavy atom. The molecule has 0 amide bonds. The number of hydrogen-bond acceptors (Lipinski definition) is 4. The average Bonchev–Trinajstić information content (AvgIpc) is 3.24. The molecule has 1 atom stereocenters. The van der Waals surface area contributed by atoms with E-state index in [2.05, 4.69) is 67.8 Å². The van der Waals surface area contributed by atoms with Crippen LogP contribution in [0.3, 0.4) is 0 Å². The first kappa shape index (κ1) is 30.6. The monoisotopic (exact) mass is 543 g/mol.